The van der Waals surface area contributed by atoms with Crippen molar-refractivity contribution in [1.29, 1.82) is 0 Å². The molecule has 6 atom stereocenters. The van der Waals surface area contributed by atoms with Crippen LogP contribution in [0.1, 0.15) is 45.4 Å². The third-order valence-electron chi connectivity index (χ3n) is 7.21. The first-order chi connectivity index (χ1) is 11.1. The second-order valence-corrected chi connectivity index (χ2v) is 8.16. The summed E-state index contributed by atoms with van der Waals surface area (Å²) in [7, 11) is 0. The number of aliphatic hydroxyl groups excluding tert-OH is 1. The predicted molar refractivity (Wildman–Crippen MR) is 91.9 cm³/mol. The van der Waals surface area contributed by atoms with Crippen molar-refractivity contribution in [2.24, 2.45) is 29.1 Å². The Bertz CT molecular complexity index is 617. The molecule has 0 unspecified atom stereocenters. The van der Waals surface area contributed by atoms with E-state index in [2.05, 4.69) is 25.2 Å². The van der Waals surface area contributed by atoms with Crippen LogP contribution in [0.4, 0.5) is 0 Å². The summed E-state index contributed by atoms with van der Waals surface area (Å²) in [5.41, 5.74) is 1.24. The lowest BCUT2D eigenvalue weighted by Gasteiger charge is -2.57. The van der Waals surface area contributed by atoms with Crippen LogP contribution in [0.15, 0.2) is 34.9 Å². The van der Waals surface area contributed by atoms with Crippen LogP contribution >= 0.6 is 11.6 Å². The number of aliphatic hydroxyl groups is 1. The number of ketones is 1. The standard InChI is InChI=1S/C20H25ClO2/c1-2-20-11-10-13-12-8-9-17(22)19(21)15(12)7-6-14(13)16(20)4-3-5-18(20)23/h3-4,8-9,12-14,16,18,23H,2,5-7,10-11H2,1H3/t12-,13-,14-,16+,18+,20+/m1/s1. The molecule has 23 heavy (non-hydrogen) atoms. The van der Waals surface area contributed by atoms with Crippen molar-refractivity contribution in [3.63, 3.8) is 0 Å². The van der Waals surface area contributed by atoms with Gasteiger partial charge in [0.05, 0.1) is 11.1 Å². The molecule has 0 aromatic carbocycles. The number of hydrogen-bond donors (Lipinski definition) is 1. The minimum Gasteiger partial charge on any atom is -0.392 e. The molecule has 0 aliphatic heterocycles. The Labute approximate surface area is 143 Å². The molecule has 0 amide bonds. The molecule has 2 nitrogen and oxygen atoms in total. The van der Waals surface area contributed by atoms with E-state index in [4.69, 9.17) is 11.6 Å². The third kappa shape index (κ3) is 2.14. The molecule has 0 heterocycles. The van der Waals surface area contributed by atoms with Gasteiger partial charge >= 0.3 is 0 Å². The highest BCUT2D eigenvalue weighted by Gasteiger charge is 2.54. The van der Waals surface area contributed by atoms with Crippen LogP contribution in [0.25, 0.3) is 0 Å². The van der Waals surface area contributed by atoms with E-state index in [9.17, 15) is 9.90 Å². The molecule has 0 bridgehead atoms. The zero-order chi connectivity index (χ0) is 16.2. The number of carbonyl (C=O) groups excluding carboxylic acids is 1. The summed E-state index contributed by atoms with van der Waals surface area (Å²) in [6.45, 7) is 2.24. The van der Waals surface area contributed by atoms with Crippen molar-refractivity contribution >= 4 is 17.4 Å². The van der Waals surface area contributed by atoms with E-state index >= 15 is 0 Å². The van der Waals surface area contributed by atoms with Crippen molar-refractivity contribution < 1.29 is 9.90 Å². The van der Waals surface area contributed by atoms with Gasteiger partial charge < -0.3 is 5.11 Å². The molecule has 0 spiro atoms. The number of rotatable bonds is 1. The van der Waals surface area contributed by atoms with Crippen molar-refractivity contribution in [2.45, 2.75) is 51.6 Å². The van der Waals surface area contributed by atoms with E-state index in [0.717, 1.165) is 38.5 Å². The van der Waals surface area contributed by atoms with Gasteiger partial charge in [-0.1, -0.05) is 36.8 Å². The number of carbonyl (C=O) groups is 1. The summed E-state index contributed by atoms with van der Waals surface area (Å²) in [4.78, 5) is 11.9. The summed E-state index contributed by atoms with van der Waals surface area (Å²) in [5.74, 6) is 1.95. The Morgan fingerprint density at radius 1 is 1.30 bits per heavy atom. The van der Waals surface area contributed by atoms with Gasteiger partial charge in [-0.25, -0.2) is 0 Å². The Morgan fingerprint density at radius 2 is 2.13 bits per heavy atom. The van der Waals surface area contributed by atoms with Gasteiger partial charge in [-0.3, -0.25) is 4.79 Å². The number of halogens is 1. The zero-order valence-electron chi connectivity index (χ0n) is 13.7. The van der Waals surface area contributed by atoms with Crippen molar-refractivity contribution in [3.05, 3.63) is 34.9 Å². The largest absolute Gasteiger partial charge is 0.392 e. The molecule has 2 fully saturated rings. The highest BCUT2D eigenvalue weighted by Crippen LogP contribution is 2.60. The molecule has 1 N–H and O–H groups in total. The summed E-state index contributed by atoms with van der Waals surface area (Å²) in [5, 5.41) is 11.2. The maximum Gasteiger partial charge on any atom is 0.196 e. The minimum absolute atomic E-state index is 0.0249. The SMILES string of the molecule is CC[C@]12CC[C@H]3[C@@H](CCC4=C(Cl)C(=O)C=C[C@@H]43)[C@@H]1C=CC[C@@H]2O. The lowest BCUT2D eigenvalue weighted by molar-refractivity contribution is -0.111. The van der Waals surface area contributed by atoms with Crippen LogP contribution in [-0.4, -0.2) is 17.0 Å². The average Bonchev–Trinajstić information content (AvgIpc) is 2.58. The van der Waals surface area contributed by atoms with E-state index in [1.165, 1.54) is 5.57 Å². The fraction of sp³-hybridized carbons (Fsp3) is 0.650. The summed E-state index contributed by atoms with van der Waals surface area (Å²) >= 11 is 6.31. The van der Waals surface area contributed by atoms with Crippen LogP contribution < -0.4 is 0 Å². The van der Waals surface area contributed by atoms with Crippen LogP contribution in [-0.2, 0) is 4.79 Å². The maximum atomic E-state index is 11.9. The molecule has 0 saturated heterocycles. The Balaban J connectivity index is 1.70. The van der Waals surface area contributed by atoms with Gasteiger partial charge in [0.2, 0.25) is 0 Å². The molecule has 2 saturated carbocycles. The molecule has 4 rings (SSSR count). The molecule has 3 heteroatoms. The molecule has 0 aromatic rings. The van der Waals surface area contributed by atoms with E-state index in [1.807, 2.05) is 0 Å². The first kappa shape index (κ1) is 15.7. The molecule has 0 radical (unpaired) electrons. The second kappa shape index (κ2) is 5.60. The molecular formula is C20H25ClO2. The van der Waals surface area contributed by atoms with Crippen LogP contribution in [0.5, 0.6) is 0 Å². The normalized spacial score (nSPS) is 45.5. The van der Waals surface area contributed by atoms with Crippen molar-refractivity contribution in [3.8, 4) is 0 Å². The Morgan fingerprint density at radius 3 is 2.91 bits per heavy atom. The minimum atomic E-state index is -0.201. The zero-order valence-corrected chi connectivity index (χ0v) is 14.4. The van der Waals surface area contributed by atoms with Crippen LogP contribution in [0, 0.1) is 29.1 Å². The lowest BCUT2D eigenvalue weighted by Crippen LogP contribution is -2.52. The molecule has 0 aromatic heterocycles. The molecular weight excluding hydrogens is 308 g/mol. The van der Waals surface area contributed by atoms with Gasteiger partial charge in [-0.2, -0.15) is 0 Å². The smallest absolute Gasteiger partial charge is 0.196 e. The number of fused-ring (bicyclic) bond motifs is 5. The summed E-state index contributed by atoms with van der Waals surface area (Å²) < 4.78 is 0. The third-order valence-corrected chi connectivity index (χ3v) is 7.64. The first-order valence-electron chi connectivity index (χ1n) is 9.04. The van der Waals surface area contributed by atoms with Crippen molar-refractivity contribution in [2.75, 3.05) is 0 Å². The number of allylic oxidation sites excluding steroid dienone is 5. The fourth-order valence-corrected chi connectivity index (χ4v) is 6.28. The lowest BCUT2D eigenvalue weighted by atomic mass is 9.48. The quantitative estimate of drug-likeness (QED) is 0.723. The van der Waals surface area contributed by atoms with Gasteiger partial charge in [0.1, 0.15) is 0 Å². The average molecular weight is 333 g/mol. The van der Waals surface area contributed by atoms with E-state index < -0.39 is 0 Å². The second-order valence-electron chi connectivity index (χ2n) is 7.79. The van der Waals surface area contributed by atoms with Gasteiger partial charge in [-0.15, -0.1) is 0 Å². The first-order valence-corrected chi connectivity index (χ1v) is 9.42. The monoisotopic (exact) mass is 332 g/mol. The van der Waals surface area contributed by atoms with E-state index in [0.29, 0.717) is 28.7 Å². The number of hydrogen-bond acceptors (Lipinski definition) is 2. The van der Waals surface area contributed by atoms with Gasteiger partial charge in [0.25, 0.3) is 0 Å². The topological polar surface area (TPSA) is 37.3 Å². The van der Waals surface area contributed by atoms with E-state index in [-0.39, 0.29) is 17.3 Å². The summed E-state index contributed by atoms with van der Waals surface area (Å²) in [6.07, 6.45) is 14.2. The molecule has 124 valence electrons. The van der Waals surface area contributed by atoms with Gasteiger partial charge in [0.15, 0.2) is 5.78 Å². The van der Waals surface area contributed by atoms with Crippen LogP contribution in [0.3, 0.4) is 0 Å². The maximum absolute atomic E-state index is 11.9. The van der Waals surface area contributed by atoms with E-state index in [1.54, 1.807) is 6.08 Å². The molecule has 4 aliphatic carbocycles. The van der Waals surface area contributed by atoms with Gasteiger partial charge in [-0.05, 0) is 67.9 Å². The van der Waals surface area contributed by atoms with Gasteiger partial charge in [0, 0.05) is 11.3 Å². The highest BCUT2D eigenvalue weighted by atomic mass is 35.5. The predicted octanol–water partition coefficient (Wildman–Crippen LogP) is 4.39. The molecule has 4 aliphatic rings. The Kier molecular flexibility index (Phi) is 3.81. The Hall–Kier alpha value is -0.860. The van der Waals surface area contributed by atoms with Crippen LogP contribution in [0.2, 0.25) is 0 Å². The highest BCUT2D eigenvalue weighted by molar-refractivity contribution is 6.45. The summed E-state index contributed by atoms with van der Waals surface area (Å²) in [6, 6.07) is 0. The fourth-order valence-electron chi connectivity index (χ4n) is 5.99. The van der Waals surface area contributed by atoms with Crippen molar-refractivity contribution in [1.82, 2.24) is 0 Å².